The summed E-state index contributed by atoms with van der Waals surface area (Å²) >= 11 is 1.42. The number of carbonyl (C=O) groups excluding carboxylic acids is 1. The van der Waals surface area contributed by atoms with Gasteiger partial charge in [-0.2, -0.15) is 4.98 Å². The van der Waals surface area contributed by atoms with E-state index in [4.69, 9.17) is 0 Å². The number of thioether (sulfide) groups is 1. The molecule has 0 N–H and O–H groups in total. The lowest BCUT2D eigenvalue weighted by atomic mass is 9.82. The highest BCUT2D eigenvalue weighted by atomic mass is 32.2. The Balaban J connectivity index is 1.36. The Morgan fingerprint density at radius 2 is 1.84 bits per heavy atom. The minimum Gasteiger partial charge on any atom is -0.294 e. The number of ketones is 1. The Kier molecular flexibility index (Phi) is 4.95. The van der Waals surface area contributed by atoms with Gasteiger partial charge in [-0.25, -0.2) is 9.50 Å². The summed E-state index contributed by atoms with van der Waals surface area (Å²) in [6.45, 7) is 0. The number of Topliss-reactive ketones (excluding diaryl/α,β-unsaturated/α-hetero) is 1. The van der Waals surface area contributed by atoms with Crippen LogP contribution in [-0.4, -0.2) is 30.3 Å². The molecule has 1 aliphatic carbocycles. The van der Waals surface area contributed by atoms with Crippen LogP contribution in [0.3, 0.4) is 0 Å². The van der Waals surface area contributed by atoms with Gasteiger partial charge in [0.2, 0.25) is 5.16 Å². The summed E-state index contributed by atoms with van der Waals surface area (Å²) in [7, 11) is 0. The summed E-state index contributed by atoms with van der Waals surface area (Å²) in [5.41, 5.74) is 3.51. The number of non-ortho nitro benzene ring substituents is 1. The molecule has 0 radical (unpaired) electrons. The van der Waals surface area contributed by atoms with Gasteiger partial charge < -0.3 is 0 Å². The highest BCUT2D eigenvalue weighted by Gasteiger charge is 2.28. The van der Waals surface area contributed by atoms with Crippen LogP contribution in [0.5, 0.6) is 0 Å². The van der Waals surface area contributed by atoms with Gasteiger partial charge in [0.25, 0.3) is 11.5 Å². The van der Waals surface area contributed by atoms with Gasteiger partial charge in [0.15, 0.2) is 5.78 Å². The summed E-state index contributed by atoms with van der Waals surface area (Å²) in [4.78, 5) is 32.2. The number of nitro benzene ring substituents is 1. The molecule has 9 heteroatoms. The van der Waals surface area contributed by atoms with Crippen molar-refractivity contribution < 1.29 is 9.72 Å². The maximum absolute atomic E-state index is 12.8. The lowest BCUT2D eigenvalue weighted by Gasteiger charge is -2.22. The van der Waals surface area contributed by atoms with Crippen LogP contribution in [0.15, 0.2) is 66.0 Å². The monoisotopic (exact) mass is 431 g/mol. The van der Waals surface area contributed by atoms with Crippen LogP contribution in [0.1, 0.15) is 39.5 Å². The van der Waals surface area contributed by atoms with Gasteiger partial charge in [-0.3, -0.25) is 14.9 Å². The molecule has 2 aromatic heterocycles. The van der Waals surface area contributed by atoms with Crippen molar-refractivity contribution in [3.8, 4) is 0 Å². The van der Waals surface area contributed by atoms with E-state index in [0.29, 0.717) is 35.1 Å². The van der Waals surface area contributed by atoms with E-state index >= 15 is 0 Å². The Labute approximate surface area is 181 Å². The van der Waals surface area contributed by atoms with E-state index in [1.165, 1.54) is 23.9 Å². The molecule has 0 spiro atoms. The molecule has 1 atom stereocenters. The second kappa shape index (κ2) is 7.92. The number of hydrogen-bond acceptors (Lipinski definition) is 7. The predicted molar refractivity (Wildman–Crippen MR) is 115 cm³/mol. The summed E-state index contributed by atoms with van der Waals surface area (Å²) < 4.78 is 1.55. The van der Waals surface area contributed by atoms with Gasteiger partial charge in [-0.05, 0) is 23.5 Å². The van der Waals surface area contributed by atoms with E-state index in [2.05, 4.69) is 15.1 Å². The SMILES string of the molecule is O=C1CC(c2ccccc2)Cc2nc3nc(SCc4ccc([N+](=O)[O-])cc4)nn3cc21. The molecule has 0 fully saturated rings. The summed E-state index contributed by atoms with van der Waals surface area (Å²) in [6, 6.07) is 16.4. The first kappa shape index (κ1) is 19.4. The molecular weight excluding hydrogens is 414 g/mol. The molecule has 0 saturated carbocycles. The van der Waals surface area contributed by atoms with E-state index in [0.717, 1.165) is 16.8 Å². The van der Waals surface area contributed by atoms with Gasteiger partial charge in [0, 0.05) is 30.5 Å². The van der Waals surface area contributed by atoms with Gasteiger partial charge in [0.05, 0.1) is 16.2 Å². The molecule has 8 nitrogen and oxygen atoms in total. The quantitative estimate of drug-likeness (QED) is 0.264. The molecule has 0 aliphatic heterocycles. The number of hydrogen-bond donors (Lipinski definition) is 0. The third kappa shape index (κ3) is 3.91. The Morgan fingerprint density at radius 1 is 1.06 bits per heavy atom. The van der Waals surface area contributed by atoms with Gasteiger partial charge >= 0.3 is 0 Å². The highest BCUT2D eigenvalue weighted by molar-refractivity contribution is 7.98. The maximum atomic E-state index is 12.8. The van der Waals surface area contributed by atoms with Crippen LogP contribution < -0.4 is 0 Å². The van der Waals surface area contributed by atoms with Crippen LogP contribution in [0, 0.1) is 10.1 Å². The lowest BCUT2D eigenvalue weighted by molar-refractivity contribution is -0.384. The third-order valence-corrected chi connectivity index (χ3v) is 6.26. The summed E-state index contributed by atoms with van der Waals surface area (Å²) in [6.07, 6.45) is 2.88. The highest BCUT2D eigenvalue weighted by Crippen LogP contribution is 2.32. The average molecular weight is 431 g/mol. The van der Waals surface area contributed by atoms with Crippen molar-refractivity contribution in [2.24, 2.45) is 0 Å². The van der Waals surface area contributed by atoms with Gasteiger partial charge in [-0.15, -0.1) is 5.10 Å². The normalized spacial score (nSPS) is 15.7. The van der Waals surface area contributed by atoms with Crippen molar-refractivity contribution in [1.82, 2.24) is 19.6 Å². The zero-order valence-corrected chi connectivity index (χ0v) is 17.2. The molecular formula is C22H17N5O3S. The fourth-order valence-corrected chi connectivity index (χ4v) is 4.53. The standard InChI is InChI=1S/C22H17N5O3S/c28-20-11-16(15-4-2-1-3-5-15)10-19-18(20)12-26-21(23-19)24-22(25-26)31-13-14-6-8-17(9-7-14)27(29)30/h1-9,12,16H,10-11,13H2. The number of nitro groups is 1. The van der Waals surface area contributed by atoms with Gasteiger partial charge in [-0.1, -0.05) is 54.2 Å². The molecule has 0 saturated heterocycles. The van der Waals surface area contributed by atoms with E-state index in [1.807, 2.05) is 30.3 Å². The molecule has 0 amide bonds. The van der Waals surface area contributed by atoms with Crippen molar-refractivity contribution in [2.45, 2.75) is 29.7 Å². The average Bonchev–Trinajstić information content (AvgIpc) is 3.19. The molecule has 154 valence electrons. The number of nitrogens with zero attached hydrogens (tertiary/aromatic N) is 5. The number of benzene rings is 2. The first-order chi connectivity index (χ1) is 15.1. The van der Waals surface area contributed by atoms with Crippen LogP contribution in [0.25, 0.3) is 5.78 Å². The van der Waals surface area contributed by atoms with Gasteiger partial charge in [0.1, 0.15) is 0 Å². The maximum Gasteiger partial charge on any atom is 0.269 e. The van der Waals surface area contributed by atoms with E-state index in [1.54, 1.807) is 22.8 Å². The van der Waals surface area contributed by atoms with Crippen LogP contribution in [-0.2, 0) is 12.2 Å². The van der Waals surface area contributed by atoms with Crippen molar-refractivity contribution in [2.75, 3.05) is 0 Å². The van der Waals surface area contributed by atoms with E-state index in [-0.39, 0.29) is 17.4 Å². The predicted octanol–water partition coefficient (Wildman–Crippen LogP) is 4.24. The Morgan fingerprint density at radius 3 is 2.58 bits per heavy atom. The van der Waals surface area contributed by atoms with E-state index in [9.17, 15) is 14.9 Å². The van der Waals surface area contributed by atoms with Crippen LogP contribution in [0.4, 0.5) is 5.69 Å². The second-order valence-electron chi connectivity index (χ2n) is 7.39. The number of aromatic nitrogens is 4. The molecule has 2 aromatic carbocycles. The zero-order chi connectivity index (χ0) is 21.4. The first-order valence-electron chi connectivity index (χ1n) is 9.77. The molecule has 1 aliphatic rings. The zero-order valence-electron chi connectivity index (χ0n) is 16.3. The minimum absolute atomic E-state index is 0.0628. The fraction of sp³-hybridized carbons (Fsp3) is 0.182. The van der Waals surface area contributed by atoms with Crippen LogP contribution in [0.2, 0.25) is 0 Å². The molecule has 5 rings (SSSR count). The van der Waals surface area contributed by atoms with Crippen molar-refractivity contribution in [3.63, 3.8) is 0 Å². The number of rotatable bonds is 5. The van der Waals surface area contributed by atoms with Crippen molar-refractivity contribution in [1.29, 1.82) is 0 Å². The Hall–Kier alpha value is -3.59. The molecule has 31 heavy (non-hydrogen) atoms. The largest absolute Gasteiger partial charge is 0.294 e. The van der Waals surface area contributed by atoms with Crippen LogP contribution >= 0.6 is 11.8 Å². The molecule has 0 bridgehead atoms. The molecule has 4 aromatic rings. The lowest BCUT2D eigenvalue weighted by Crippen LogP contribution is -2.21. The van der Waals surface area contributed by atoms with Crippen molar-refractivity contribution in [3.05, 3.63) is 93.3 Å². The minimum atomic E-state index is -0.419. The van der Waals surface area contributed by atoms with Crippen molar-refractivity contribution >= 4 is 29.0 Å². The summed E-state index contributed by atoms with van der Waals surface area (Å²) in [5.74, 6) is 1.23. The summed E-state index contributed by atoms with van der Waals surface area (Å²) in [5, 5.41) is 15.8. The fourth-order valence-electron chi connectivity index (χ4n) is 3.75. The number of carbonyl (C=O) groups is 1. The van der Waals surface area contributed by atoms with E-state index < -0.39 is 4.92 Å². The smallest absolute Gasteiger partial charge is 0.269 e. The topological polar surface area (TPSA) is 103 Å². The number of fused-ring (bicyclic) bond motifs is 2. The molecule has 2 heterocycles. The first-order valence-corrected chi connectivity index (χ1v) is 10.8. The third-order valence-electron chi connectivity index (χ3n) is 5.35. The Bertz CT molecular complexity index is 1290. The second-order valence-corrected chi connectivity index (χ2v) is 8.33. The molecule has 1 unspecified atom stereocenters.